The van der Waals surface area contributed by atoms with Crippen LogP contribution < -0.4 is 5.69 Å². The van der Waals surface area contributed by atoms with Gasteiger partial charge in [-0.15, -0.1) is 5.10 Å². The second kappa shape index (κ2) is 3.46. The molecule has 0 unspecified atom stereocenters. The predicted octanol–water partition coefficient (Wildman–Crippen LogP) is 1.56. The fourth-order valence-electron chi connectivity index (χ4n) is 1.36. The molecule has 5 heteroatoms. The SMILES string of the molecule is CCCn1nc2c(Cl)cccn2c1=O. The monoisotopic (exact) mass is 211 g/mol. The zero-order valence-corrected chi connectivity index (χ0v) is 8.53. The molecule has 2 aromatic heterocycles. The molecule has 0 radical (unpaired) electrons. The summed E-state index contributed by atoms with van der Waals surface area (Å²) in [7, 11) is 0. The van der Waals surface area contributed by atoms with Crippen LogP contribution in [-0.4, -0.2) is 14.2 Å². The van der Waals surface area contributed by atoms with E-state index in [4.69, 9.17) is 11.6 Å². The molecule has 0 atom stereocenters. The van der Waals surface area contributed by atoms with Gasteiger partial charge < -0.3 is 0 Å². The van der Waals surface area contributed by atoms with Gasteiger partial charge in [0.15, 0.2) is 5.65 Å². The van der Waals surface area contributed by atoms with Gasteiger partial charge >= 0.3 is 5.69 Å². The Morgan fingerprint density at radius 3 is 3.00 bits per heavy atom. The van der Waals surface area contributed by atoms with Gasteiger partial charge in [0.2, 0.25) is 0 Å². The third-order valence-corrected chi connectivity index (χ3v) is 2.29. The Morgan fingerprint density at radius 2 is 2.36 bits per heavy atom. The van der Waals surface area contributed by atoms with E-state index < -0.39 is 0 Å². The molecule has 4 nitrogen and oxygen atoms in total. The number of fused-ring (bicyclic) bond motifs is 1. The Bertz CT molecular complexity index is 514. The Labute approximate surface area is 85.7 Å². The van der Waals surface area contributed by atoms with E-state index in [1.54, 1.807) is 18.3 Å². The van der Waals surface area contributed by atoms with Crippen molar-refractivity contribution in [3.8, 4) is 0 Å². The normalized spacial score (nSPS) is 11.0. The summed E-state index contributed by atoms with van der Waals surface area (Å²) in [6.45, 7) is 2.62. The molecular weight excluding hydrogens is 202 g/mol. The highest BCUT2D eigenvalue weighted by Crippen LogP contribution is 2.12. The van der Waals surface area contributed by atoms with Crippen LogP contribution in [0.5, 0.6) is 0 Å². The number of hydrogen-bond acceptors (Lipinski definition) is 2. The van der Waals surface area contributed by atoms with Gasteiger partial charge in [0.05, 0.1) is 5.02 Å². The first-order valence-corrected chi connectivity index (χ1v) is 4.85. The molecule has 0 spiro atoms. The van der Waals surface area contributed by atoms with Gasteiger partial charge in [-0.2, -0.15) is 0 Å². The largest absolute Gasteiger partial charge is 0.350 e. The first-order valence-electron chi connectivity index (χ1n) is 4.47. The maximum atomic E-state index is 11.7. The van der Waals surface area contributed by atoms with E-state index in [0.29, 0.717) is 17.2 Å². The fourth-order valence-corrected chi connectivity index (χ4v) is 1.56. The summed E-state index contributed by atoms with van der Waals surface area (Å²) >= 11 is 5.91. The van der Waals surface area contributed by atoms with Crippen molar-refractivity contribution in [1.29, 1.82) is 0 Å². The van der Waals surface area contributed by atoms with Crippen LogP contribution in [0, 0.1) is 0 Å². The maximum absolute atomic E-state index is 11.7. The van der Waals surface area contributed by atoms with Crippen LogP contribution in [0.4, 0.5) is 0 Å². The van der Waals surface area contributed by atoms with Crippen LogP contribution >= 0.6 is 11.6 Å². The van der Waals surface area contributed by atoms with E-state index in [0.717, 1.165) is 6.42 Å². The van der Waals surface area contributed by atoms with Crippen molar-refractivity contribution in [2.24, 2.45) is 0 Å². The molecule has 74 valence electrons. The molecule has 0 aliphatic rings. The molecule has 0 aliphatic carbocycles. The zero-order valence-electron chi connectivity index (χ0n) is 7.77. The first kappa shape index (κ1) is 9.27. The molecular formula is C9H10ClN3O. The van der Waals surface area contributed by atoms with Gasteiger partial charge in [-0.1, -0.05) is 18.5 Å². The van der Waals surface area contributed by atoms with Gasteiger partial charge in [0.25, 0.3) is 0 Å². The minimum Gasteiger partial charge on any atom is -0.249 e. The van der Waals surface area contributed by atoms with Crippen molar-refractivity contribution in [3.05, 3.63) is 33.8 Å². The summed E-state index contributed by atoms with van der Waals surface area (Å²) < 4.78 is 2.89. The molecule has 2 rings (SSSR count). The molecule has 0 fully saturated rings. The van der Waals surface area contributed by atoms with E-state index in [2.05, 4.69) is 5.10 Å². The number of pyridine rings is 1. The van der Waals surface area contributed by atoms with Gasteiger partial charge in [-0.3, -0.25) is 0 Å². The van der Waals surface area contributed by atoms with Gasteiger partial charge in [0.1, 0.15) is 0 Å². The lowest BCUT2D eigenvalue weighted by molar-refractivity contribution is 0.582. The number of hydrogen-bond donors (Lipinski definition) is 0. The van der Waals surface area contributed by atoms with Crippen molar-refractivity contribution < 1.29 is 0 Å². The lowest BCUT2D eigenvalue weighted by Crippen LogP contribution is -2.20. The van der Waals surface area contributed by atoms with Crippen LogP contribution in [0.2, 0.25) is 5.02 Å². The van der Waals surface area contributed by atoms with Crippen molar-refractivity contribution in [1.82, 2.24) is 14.2 Å². The topological polar surface area (TPSA) is 39.3 Å². The van der Waals surface area contributed by atoms with Gasteiger partial charge in [-0.05, 0) is 18.6 Å². The first-order chi connectivity index (χ1) is 6.74. The minimum absolute atomic E-state index is 0.135. The number of aryl methyl sites for hydroxylation is 1. The number of halogens is 1. The van der Waals surface area contributed by atoms with Crippen LogP contribution in [0.15, 0.2) is 23.1 Å². The van der Waals surface area contributed by atoms with Crippen molar-refractivity contribution in [2.75, 3.05) is 0 Å². The molecule has 0 saturated heterocycles. The summed E-state index contributed by atoms with van der Waals surface area (Å²) in [4.78, 5) is 11.7. The molecule has 0 bridgehead atoms. The second-order valence-corrected chi connectivity index (χ2v) is 3.46. The average Bonchev–Trinajstić information content (AvgIpc) is 2.48. The van der Waals surface area contributed by atoms with Crippen molar-refractivity contribution >= 4 is 17.2 Å². The molecule has 2 heterocycles. The highest BCUT2D eigenvalue weighted by Gasteiger charge is 2.07. The summed E-state index contributed by atoms with van der Waals surface area (Å²) in [6, 6.07) is 3.45. The minimum atomic E-state index is -0.135. The summed E-state index contributed by atoms with van der Waals surface area (Å²) in [6.07, 6.45) is 2.55. The Kier molecular flexibility index (Phi) is 2.29. The number of nitrogens with zero attached hydrogens (tertiary/aromatic N) is 3. The number of aromatic nitrogens is 3. The molecule has 0 aromatic carbocycles. The van der Waals surface area contributed by atoms with Gasteiger partial charge in [-0.25, -0.2) is 13.9 Å². The highest BCUT2D eigenvalue weighted by molar-refractivity contribution is 6.33. The van der Waals surface area contributed by atoms with Crippen molar-refractivity contribution in [3.63, 3.8) is 0 Å². The zero-order chi connectivity index (χ0) is 10.1. The third-order valence-electron chi connectivity index (χ3n) is 2.00. The average molecular weight is 212 g/mol. The molecule has 0 amide bonds. The molecule has 14 heavy (non-hydrogen) atoms. The van der Waals surface area contributed by atoms with Crippen LogP contribution in [0.25, 0.3) is 5.65 Å². The summed E-state index contributed by atoms with van der Waals surface area (Å²) in [5.41, 5.74) is 0.386. The van der Waals surface area contributed by atoms with E-state index in [1.165, 1.54) is 9.08 Å². The fraction of sp³-hybridized carbons (Fsp3) is 0.333. The lowest BCUT2D eigenvalue weighted by Gasteiger charge is -1.91. The second-order valence-electron chi connectivity index (χ2n) is 3.06. The Hall–Kier alpha value is -1.29. The Morgan fingerprint density at radius 1 is 1.57 bits per heavy atom. The van der Waals surface area contributed by atoms with Crippen molar-refractivity contribution in [2.45, 2.75) is 19.9 Å². The van der Waals surface area contributed by atoms with Gasteiger partial charge in [0, 0.05) is 12.7 Å². The third kappa shape index (κ3) is 1.32. The summed E-state index contributed by atoms with van der Waals surface area (Å²) in [5.74, 6) is 0. The Balaban J connectivity index is 2.73. The molecule has 2 aromatic rings. The van der Waals surface area contributed by atoms with E-state index in [-0.39, 0.29) is 5.69 Å². The number of rotatable bonds is 2. The maximum Gasteiger partial charge on any atom is 0.350 e. The van der Waals surface area contributed by atoms with Crippen LogP contribution in [0.3, 0.4) is 0 Å². The summed E-state index contributed by atoms with van der Waals surface area (Å²) in [5, 5.41) is 4.64. The van der Waals surface area contributed by atoms with E-state index >= 15 is 0 Å². The predicted molar refractivity (Wildman–Crippen MR) is 54.8 cm³/mol. The van der Waals surface area contributed by atoms with Crippen LogP contribution in [0.1, 0.15) is 13.3 Å². The van der Waals surface area contributed by atoms with Crippen LogP contribution in [-0.2, 0) is 6.54 Å². The van der Waals surface area contributed by atoms with E-state index in [9.17, 15) is 4.79 Å². The lowest BCUT2D eigenvalue weighted by atomic mass is 10.5. The smallest absolute Gasteiger partial charge is 0.249 e. The standard InChI is InChI=1S/C9H10ClN3O/c1-2-5-13-9(14)12-6-3-4-7(10)8(12)11-13/h3-4,6H,2,5H2,1H3. The highest BCUT2D eigenvalue weighted by atomic mass is 35.5. The van der Waals surface area contributed by atoms with E-state index in [1.807, 2.05) is 6.92 Å². The molecule has 0 N–H and O–H groups in total. The molecule has 0 aliphatic heterocycles. The molecule has 0 saturated carbocycles. The quantitative estimate of drug-likeness (QED) is 0.756.